The molecule has 1 aliphatic carbocycles. The third-order valence-corrected chi connectivity index (χ3v) is 4.06. The Morgan fingerprint density at radius 1 is 1.32 bits per heavy atom. The Bertz CT molecular complexity index is 508. The normalized spacial score (nSPS) is 16.8. The van der Waals surface area contributed by atoms with Gasteiger partial charge < -0.3 is 5.32 Å². The van der Waals surface area contributed by atoms with E-state index in [2.05, 4.69) is 56.4 Å². The van der Waals surface area contributed by atoms with Crippen LogP contribution in [0.25, 0.3) is 5.57 Å². The topological polar surface area (TPSA) is 12.0 Å². The summed E-state index contributed by atoms with van der Waals surface area (Å²) >= 11 is 0. The molecule has 1 aromatic rings. The van der Waals surface area contributed by atoms with E-state index in [0.29, 0.717) is 6.04 Å². The van der Waals surface area contributed by atoms with Crippen LogP contribution in [-0.4, -0.2) is 13.1 Å². The van der Waals surface area contributed by atoms with Gasteiger partial charge in [-0.2, -0.15) is 0 Å². The Kier molecular flexibility index (Phi) is 4.60. The minimum atomic E-state index is 0.536. The molecule has 1 nitrogen and oxygen atoms in total. The number of aryl methyl sites for hydroxylation is 1. The van der Waals surface area contributed by atoms with Gasteiger partial charge in [0.2, 0.25) is 0 Å². The second-order valence-corrected chi connectivity index (χ2v) is 5.58. The van der Waals surface area contributed by atoms with Crippen molar-refractivity contribution in [1.29, 1.82) is 0 Å². The first kappa shape index (κ1) is 14.1. The smallest absolute Gasteiger partial charge is 0.00761 e. The van der Waals surface area contributed by atoms with E-state index in [-0.39, 0.29) is 0 Å². The van der Waals surface area contributed by atoms with Crippen molar-refractivity contribution in [2.45, 2.75) is 46.1 Å². The quantitative estimate of drug-likeness (QED) is 0.853. The molecule has 1 unspecified atom stereocenters. The fraction of sp³-hybridized carbons (Fsp3) is 0.444. The van der Waals surface area contributed by atoms with Crippen molar-refractivity contribution in [3.05, 3.63) is 52.6 Å². The second-order valence-electron chi connectivity index (χ2n) is 5.58. The van der Waals surface area contributed by atoms with Gasteiger partial charge in [0.1, 0.15) is 0 Å². The molecule has 0 saturated heterocycles. The number of hydrogen-bond donors (Lipinski definition) is 1. The van der Waals surface area contributed by atoms with E-state index in [0.717, 1.165) is 6.42 Å². The van der Waals surface area contributed by atoms with E-state index in [1.807, 2.05) is 7.05 Å². The molecule has 0 bridgehead atoms. The molecule has 0 radical (unpaired) electrons. The molecule has 0 saturated carbocycles. The summed E-state index contributed by atoms with van der Waals surface area (Å²) in [6.07, 6.45) is 7.88. The van der Waals surface area contributed by atoms with Crippen molar-refractivity contribution in [3.8, 4) is 0 Å². The molecule has 1 atom stereocenters. The van der Waals surface area contributed by atoms with Gasteiger partial charge in [-0.3, -0.25) is 0 Å². The Balaban J connectivity index is 2.33. The first-order valence-electron chi connectivity index (χ1n) is 7.27. The van der Waals surface area contributed by atoms with Crippen molar-refractivity contribution in [3.63, 3.8) is 0 Å². The van der Waals surface area contributed by atoms with Gasteiger partial charge in [0.25, 0.3) is 0 Å². The van der Waals surface area contributed by atoms with Crippen LogP contribution in [0.3, 0.4) is 0 Å². The largest absolute Gasteiger partial charge is 0.317 e. The van der Waals surface area contributed by atoms with Crippen molar-refractivity contribution >= 4 is 5.57 Å². The Hall–Kier alpha value is -1.34. The molecule has 0 spiro atoms. The number of rotatable bonds is 4. The highest BCUT2D eigenvalue weighted by molar-refractivity contribution is 5.80. The minimum Gasteiger partial charge on any atom is -0.317 e. The van der Waals surface area contributed by atoms with Crippen molar-refractivity contribution in [1.82, 2.24) is 5.32 Å². The second kappa shape index (κ2) is 6.21. The van der Waals surface area contributed by atoms with Crippen LogP contribution in [0.2, 0.25) is 0 Å². The third kappa shape index (κ3) is 3.16. The highest BCUT2D eigenvalue weighted by atomic mass is 14.8. The predicted octanol–water partition coefficient (Wildman–Crippen LogP) is 4.13. The maximum Gasteiger partial charge on any atom is 0.00761 e. The van der Waals surface area contributed by atoms with Gasteiger partial charge in [0.15, 0.2) is 0 Å². The molecule has 0 heterocycles. The molecule has 0 aromatic heterocycles. The van der Waals surface area contributed by atoms with Gasteiger partial charge in [-0.1, -0.05) is 35.9 Å². The lowest BCUT2D eigenvalue weighted by molar-refractivity contribution is 0.608. The van der Waals surface area contributed by atoms with Crippen LogP contribution in [0.5, 0.6) is 0 Å². The number of allylic oxidation sites excluding steroid dienone is 4. The zero-order valence-electron chi connectivity index (χ0n) is 12.6. The Labute approximate surface area is 117 Å². The Morgan fingerprint density at radius 2 is 2.11 bits per heavy atom. The maximum absolute atomic E-state index is 3.31. The molecule has 102 valence electrons. The fourth-order valence-corrected chi connectivity index (χ4v) is 2.78. The van der Waals surface area contributed by atoms with E-state index in [4.69, 9.17) is 0 Å². The molecule has 1 N–H and O–H groups in total. The van der Waals surface area contributed by atoms with Gasteiger partial charge in [0, 0.05) is 6.04 Å². The monoisotopic (exact) mass is 255 g/mol. The molecule has 19 heavy (non-hydrogen) atoms. The van der Waals surface area contributed by atoms with Gasteiger partial charge in [-0.05, 0) is 69.3 Å². The first-order chi connectivity index (χ1) is 9.15. The van der Waals surface area contributed by atoms with Crippen molar-refractivity contribution in [2.75, 3.05) is 7.05 Å². The molecular weight excluding hydrogens is 230 g/mol. The number of likely N-dealkylation sites (N-methyl/N-ethyl adjacent to an activating group) is 1. The predicted molar refractivity (Wildman–Crippen MR) is 84.4 cm³/mol. The van der Waals surface area contributed by atoms with Crippen LogP contribution in [-0.2, 0) is 12.8 Å². The standard InChI is InChI=1S/C18H25N/c1-5-6-17-13(2)7-9-16-12-15(8-10-18(16)17)11-14(3)19-4/h5-6,8,10,12,14,19H,7,9,11H2,1-4H3/b6-5-. The number of hydrogen-bond acceptors (Lipinski definition) is 1. The van der Waals surface area contributed by atoms with Crippen molar-refractivity contribution < 1.29 is 0 Å². The molecule has 1 heteroatoms. The van der Waals surface area contributed by atoms with Crippen molar-refractivity contribution in [2.24, 2.45) is 0 Å². The van der Waals surface area contributed by atoms with E-state index in [9.17, 15) is 0 Å². The number of benzene rings is 1. The van der Waals surface area contributed by atoms with Crippen LogP contribution >= 0.6 is 0 Å². The summed E-state index contributed by atoms with van der Waals surface area (Å²) in [4.78, 5) is 0. The van der Waals surface area contributed by atoms with Crippen LogP contribution in [0.1, 0.15) is 43.9 Å². The summed E-state index contributed by atoms with van der Waals surface area (Å²) in [5, 5.41) is 3.31. The van der Waals surface area contributed by atoms with E-state index in [1.165, 1.54) is 40.7 Å². The molecular formula is C18H25N. The van der Waals surface area contributed by atoms with Crippen LogP contribution < -0.4 is 5.32 Å². The minimum absolute atomic E-state index is 0.536. The molecule has 0 fully saturated rings. The molecule has 0 aliphatic heterocycles. The lowest BCUT2D eigenvalue weighted by atomic mass is 9.84. The zero-order chi connectivity index (χ0) is 13.8. The van der Waals surface area contributed by atoms with E-state index >= 15 is 0 Å². The lowest BCUT2D eigenvalue weighted by Crippen LogP contribution is -2.23. The SMILES string of the molecule is C/C=C\C1=C(C)CCc2cc(CC(C)NC)ccc21. The molecule has 1 aliphatic rings. The molecule has 0 amide bonds. The summed E-state index contributed by atoms with van der Waals surface area (Å²) < 4.78 is 0. The number of nitrogens with one attached hydrogen (secondary N) is 1. The third-order valence-electron chi connectivity index (χ3n) is 4.06. The molecule has 1 aromatic carbocycles. The van der Waals surface area contributed by atoms with Crippen LogP contribution in [0.4, 0.5) is 0 Å². The zero-order valence-corrected chi connectivity index (χ0v) is 12.6. The summed E-state index contributed by atoms with van der Waals surface area (Å²) in [6, 6.07) is 7.53. The van der Waals surface area contributed by atoms with Crippen LogP contribution in [0.15, 0.2) is 35.9 Å². The van der Waals surface area contributed by atoms with Gasteiger partial charge in [0.05, 0.1) is 0 Å². The van der Waals surface area contributed by atoms with Crippen LogP contribution in [0, 0.1) is 0 Å². The Morgan fingerprint density at radius 3 is 2.79 bits per heavy atom. The lowest BCUT2D eigenvalue weighted by Gasteiger charge is -2.21. The highest BCUT2D eigenvalue weighted by Crippen LogP contribution is 2.32. The van der Waals surface area contributed by atoms with Gasteiger partial charge >= 0.3 is 0 Å². The maximum atomic E-state index is 3.31. The average Bonchev–Trinajstić information content (AvgIpc) is 2.42. The van der Waals surface area contributed by atoms with Gasteiger partial charge in [-0.25, -0.2) is 0 Å². The fourth-order valence-electron chi connectivity index (χ4n) is 2.78. The summed E-state index contributed by atoms with van der Waals surface area (Å²) in [5.41, 5.74) is 7.33. The van der Waals surface area contributed by atoms with Gasteiger partial charge in [-0.15, -0.1) is 0 Å². The number of fused-ring (bicyclic) bond motifs is 1. The van der Waals surface area contributed by atoms with E-state index in [1.54, 1.807) is 0 Å². The average molecular weight is 255 g/mol. The molecule has 2 rings (SSSR count). The van der Waals surface area contributed by atoms with E-state index < -0.39 is 0 Å². The summed E-state index contributed by atoms with van der Waals surface area (Å²) in [5.74, 6) is 0. The summed E-state index contributed by atoms with van der Waals surface area (Å²) in [7, 11) is 2.03. The first-order valence-corrected chi connectivity index (χ1v) is 7.27. The highest BCUT2D eigenvalue weighted by Gasteiger charge is 2.15. The summed E-state index contributed by atoms with van der Waals surface area (Å²) in [6.45, 7) is 6.58.